The summed E-state index contributed by atoms with van der Waals surface area (Å²) in [5.74, 6) is -1.04. The number of benzene rings is 6. The molecule has 6 aromatic rings. The van der Waals surface area contributed by atoms with E-state index in [1.807, 2.05) is 58.3 Å². The van der Waals surface area contributed by atoms with Crippen molar-refractivity contribution in [1.29, 1.82) is 0 Å². The first-order valence-corrected chi connectivity index (χ1v) is 23.5. The van der Waals surface area contributed by atoms with Crippen LogP contribution in [0, 0.1) is 11.8 Å². The number of piperazine rings is 2. The Balaban J connectivity index is 0.770. The summed E-state index contributed by atoms with van der Waals surface area (Å²) < 4.78 is 0. The molecule has 0 spiro atoms. The molecule has 6 aromatic carbocycles. The number of carbonyl (C=O) groups is 4. The van der Waals surface area contributed by atoms with Crippen molar-refractivity contribution in [3.63, 3.8) is 0 Å². The molecule has 1 aliphatic carbocycles. The maximum absolute atomic E-state index is 14.0. The highest BCUT2D eigenvalue weighted by Crippen LogP contribution is 2.34. The van der Waals surface area contributed by atoms with Gasteiger partial charge >= 0.3 is 0 Å². The van der Waals surface area contributed by atoms with Gasteiger partial charge in [0.25, 0.3) is 11.8 Å². The van der Waals surface area contributed by atoms with Crippen LogP contribution in [0.3, 0.4) is 0 Å². The second-order valence-corrected chi connectivity index (χ2v) is 17.7. The van der Waals surface area contributed by atoms with Crippen molar-refractivity contribution < 1.29 is 19.2 Å². The molecule has 10 nitrogen and oxygen atoms in total. The molecule has 2 saturated heterocycles. The van der Waals surface area contributed by atoms with E-state index < -0.39 is 0 Å². The molecule has 2 aliphatic heterocycles. The van der Waals surface area contributed by atoms with E-state index in [-0.39, 0.29) is 47.5 Å². The summed E-state index contributed by atoms with van der Waals surface area (Å²) in [5.41, 5.74) is 6.87. The fraction of sp³-hybridized carbons (Fsp3) is 0.286. The van der Waals surface area contributed by atoms with E-state index in [1.165, 1.54) is 22.3 Å². The lowest BCUT2D eigenvalue weighted by molar-refractivity contribution is -0.125. The molecule has 0 radical (unpaired) electrons. The van der Waals surface area contributed by atoms with Crippen LogP contribution in [0.2, 0.25) is 0 Å². The smallest absolute Gasteiger partial charge is 0.256 e. The van der Waals surface area contributed by atoms with Crippen molar-refractivity contribution in [2.75, 3.05) is 63.0 Å². The minimum Gasteiger partial charge on any atom is -0.336 e. The first-order valence-electron chi connectivity index (χ1n) is 23.5. The van der Waals surface area contributed by atoms with Gasteiger partial charge in [0.1, 0.15) is 0 Å². The molecule has 66 heavy (non-hydrogen) atoms. The molecule has 3 fully saturated rings. The van der Waals surface area contributed by atoms with Gasteiger partial charge in [0.15, 0.2) is 0 Å². The van der Waals surface area contributed by atoms with E-state index in [2.05, 4.69) is 117 Å². The third kappa shape index (κ3) is 10.2. The third-order valence-electron chi connectivity index (χ3n) is 13.7. The number of hydrogen-bond donors (Lipinski definition) is 2. The van der Waals surface area contributed by atoms with E-state index >= 15 is 0 Å². The number of anilines is 2. The van der Waals surface area contributed by atoms with Crippen LogP contribution >= 0.6 is 0 Å². The SMILES string of the molecule is O=C(Nc1ccccc1C(=O)N1CCN(C(c2ccccc2)c2ccccc2)CC1)C1CCC(C(=O)Nc2ccccc2C(=O)N2CCN(C(c3ccccc3)c3ccccc3)CC2)CC1. The van der Waals surface area contributed by atoms with Crippen molar-refractivity contribution >= 4 is 35.0 Å². The van der Waals surface area contributed by atoms with Gasteiger partial charge in [-0.25, -0.2) is 0 Å². The lowest BCUT2D eigenvalue weighted by Crippen LogP contribution is -2.50. The Bertz CT molecular complexity index is 2310. The van der Waals surface area contributed by atoms with Gasteiger partial charge in [0.05, 0.1) is 34.6 Å². The van der Waals surface area contributed by atoms with Crippen molar-refractivity contribution in [2.45, 2.75) is 37.8 Å². The van der Waals surface area contributed by atoms with Crippen molar-refractivity contribution in [1.82, 2.24) is 19.6 Å². The lowest BCUT2D eigenvalue weighted by atomic mass is 9.81. The summed E-state index contributed by atoms with van der Waals surface area (Å²) in [7, 11) is 0. The Kier molecular flexibility index (Phi) is 14.1. The Morgan fingerprint density at radius 2 is 0.636 bits per heavy atom. The maximum Gasteiger partial charge on any atom is 0.256 e. The normalized spacial score (nSPS) is 18.2. The second-order valence-electron chi connectivity index (χ2n) is 17.7. The summed E-state index contributed by atoms with van der Waals surface area (Å²) in [6.45, 7) is 5.17. The van der Waals surface area contributed by atoms with Gasteiger partial charge in [-0.05, 0) is 72.2 Å². The van der Waals surface area contributed by atoms with Crippen LogP contribution in [0.15, 0.2) is 170 Å². The number of nitrogens with zero attached hydrogens (tertiary/aromatic N) is 4. The Hall–Kier alpha value is -6.88. The number of para-hydroxylation sites is 2. The minimum atomic E-state index is -0.287. The molecule has 0 unspecified atom stereocenters. The van der Waals surface area contributed by atoms with Crippen LogP contribution in [0.5, 0.6) is 0 Å². The second kappa shape index (κ2) is 21.0. The van der Waals surface area contributed by atoms with Crippen molar-refractivity contribution in [2.24, 2.45) is 11.8 Å². The van der Waals surface area contributed by atoms with Gasteiger partial charge in [-0.1, -0.05) is 146 Å². The monoisotopic (exact) mass is 878 g/mol. The fourth-order valence-electron chi connectivity index (χ4n) is 10.1. The summed E-state index contributed by atoms with van der Waals surface area (Å²) in [6.07, 6.45) is 2.18. The highest BCUT2D eigenvalue weighted by molar-refractivity contribution is 6.05. The number of amides is 4. The van der Waals surface area contributed by atoms with Gasteiger partial charge in [0.2, 0.25) is 11.8 Å². The zero-order valence-electron chi connectivity index (χ0n) is 37.4. The van der Waals surface area contributed by atoms with Gasteiger partial charge in [-0.2, -0.15) is 0 Å². The predicted octanol–water partition coefficient (Wildman–Crippen LogP) is 9.17. The summed E-state index contributed by atoms with van der Waals surface area (Å²) in [6, 6.07) is 56.7. The molecule has 0 atom stereocenters. The van der Waals surface area contributed by atoms with Gasteiger partial charge in [-0.15, -0.1) is 0 Å². The van der Waals surface area contributed by atoms with E-state index in [0.717, 1.165) is 26.2 Å². The van der Waals surface area contributed by atoms with Gasteiger partial charge < -0.3 is 20.4 Å². The number of nitrogens with one attached hydrogen (secondary N) is 2. The van der Waals surface area contributed by atoms with Crippen LogP contribution in [-0.4, -0.2) is 95.6 Å². The number of hydrogen-bond acceptors (Lipinski definition) is 6. The van der Waals surface area contributed by atoms with E-state index in [9.17, 15) is 19.2 Å². The van der Waals surface area contributed by atoms with E-state index in [4.69, 9.17) is 0 Å². The standard InChI is InChI=1S/C56H58N6O4/c63-53(57-49-27-15-13-25-47(49)55(65)61-37-33-59(34-38-61)51(41-17-5-1-6-18-41)42-19-7-2-8-20-42)45-29-31-46(32-30-45)54(64)58-50-28-16-14-26-48(50)56(66)62-39-35-60(36-40-62)52(43-21-9-3-10-22-43)44-23-11-4-12-24-44/h1-28,45-46,51-52H,29-40H2,(H,57,63)(H,58,64). The average molecular weight is 879 g/mol. The topological polar surface area (TPSA) is 105 Å². The first-order chi connectivity index (χ1) is 32.4. The highest BCUT2D eigenvalue weighted by atomic mass is 16.2. The molecule has 0 bridgehead atoms. The summed E-state index contributed by atoms with van der Waals surface area (Å²) in [5, 5.41) is 6.18. The molecule has 2 heterocycles. The van der Waals surface area contributed by atoms with E-state index in [0.29, 0.717) is 74.4 Å². The van der Waals surface area contributed by atoms with Crippen LogP contribution in [0.25, 0.3) is 0 Å². The molecule has 1 saturated carbocycles. The largest absolute Gasteiger partial charge is 0.336 e. The molecule has 10 heteroatoms. The number of rotatable bonds is 12. The molecular weight excluding hydrogens is 821 g/mol. The molecule has 0 aromatic heterocycles. The highest BCUT2D eigenvalue weighted by Gasteiger charge is 2.34. The average Bonchev–Trinajstić information content (AvgIpc) is 3.38. The van der Waals surface area contributed by atoms with Crippen LogP contribution in [0.4, 0.5) is 11.4 Å². The van der Waals surface area contributed by atoms with Gasteiger partial charge in [-0.3, -0.25) is 29.0 Å². The first kappa shape index (κ1) is 44.3. The van der Waals surface area contributed by atoms with E-state index in [1.54, 1.807) is 24.3 Å². The zero-order valence-corrected chi connectivity index (χ0v) is 37.4. The summed E-state index contributed by atoms with van der Waals surface area (Å²) >= 11 is 0. The molecule has 3 aliphatic rings. The quantitative estimate of drug-likeness (QED) is 0.127. The zero-order chi connectivity index (χ0) is 45.2. The minimum absolute atomic E-state index is 0.0922. The summed E-state index contributed by atoms with van der Waals surface area (Å²) in [4.78, 5) is 64.2. The Labute approximate surface area is 388 Å². The van der Waals surface area contributed by atoms with Crippen LogP contribution in [-0.2, 0) is 9.59 Å². The Morgan fingerprint density at radius 3 is 0.939 bits per heavy atom. The lowest BCUT2D eigenvalue weighted by Gasteiger charge is -2.40. The molecule has 9 rings (SSSR count). The fourth-order valence-corrected chi connectivity index (χ4v) is 10.1. The van der Waals surface area contributed by atoms with Crippen LogP contribution in [0.1, 0.15) is 80.7 Å². The molecule has 2 N–H and O–H groups in total. The Morgan fingerprint density at radius 1 is 0.364 bits per heavy atom. The predicted molar refractivity (Wildman–Crippen MR) is 260 cm³/mol. The molecule has 4 amide bonds. The molecule has 336 valence electrons. The molecular formula is C56H58N6O4. The third-order valence-corrected chi connectivity index (χ3v) is 13.7. The van der Waals surface area contributed by atoms with Crippen LogP contribution < -0.4 is 10.6 Å². The van der Waals surface area contributed by atoms with Crippen molar-refractivity contribution in [3.8, 4) is 0 Å². The van der Waals surface area contributed by atoms with Crippen molar-refractivity contribution in [3.05, 3.63) is 203 Å². The maximum atomic E-state index is 14.0. The number of carbonyl (C=O) groups excluding carboxylic acids is 4. The van der Waals surface area contributed by atoms with Gasteiger partial charge in [0, 0.05) is 64.2 Å².